The Hall–Kier alpha value is 0.103. The van der Waals surface area contributed by atoms with Gasteiger partial charge in [-0.3, -0.25) is 0 Å². The van der Waals surface area contributed by atoms with Gasteiger partial charge in [0.25, 0.3) is 0 Å². The maximum absolute atomic E-state index is 3.88. The Kier molecular flexibility index (Phi) is 9.20. The van der Waals surface area contributed by atoms with Crippen molar-refractivity contribution in [3.05, 3.63) is 23.8 Å². The van der Waals surface area contributed by atoms with Crippen molar-refractivity contribution in [2.75, 3.05) is 0 Å². The van der Waals surface area contributed by atoms with Crippen molar-refractivity contribution in [3.63, 3.8) is 0 Å². The standard InChI is InChI=1S/C9H16.Ru/c1-5-8(3)7-9(4)6-2;/h7H,3,5-6H2,1-2,4H3;. The van der Waals surface area contributed by atoms with Crippen molar-refractivity contribution in [3.8, 4) is 0 Å². The first kappa shape index (κ1) is 12.8. The van der Waals surface area contributed by atoms with Crippen LogP contribution in [0.3, 0.4) is 0 Å². The van der Waals surface area contributed by atoms with Crippen molar-refractivity contribution < 1.29 is 19.5 Å². The third-order valence-corrected chi connectivity index (χ3v) is 1.46. The van der Waals surface area contributed by atoms with Gasteiger partial charge >= 0.3 is 0 Å². The topological polar surface area (TPSA) is 0 Å². The Balaban J connectivity index is 0. The zero-order valence-corrected chi connectivity index (χ0v) is 8.79. The molecule has 0 spiro atoms. The molecule has 60 valence electrons. The zero-order chi connectivity index (χ0) is 7.28. The van der Waals surface area contributed by atoms with Crippen LogP contribution in [0, 0.1) is 0 Å². The van der Waals surface area contributed by atoms with Crippen LogP contribution in [0.4, 0.5) is 0 Å². The summed E-state index contributed by atoms with van der Waals surface area (Å²) in [6.45, 7) is 10.3. The molecule has 0 N–H and O–H groups in total. The van der Waals surface area contributed by atoms with E-state index in [4.69, 9.17) is 0 Å². The Morgan fingerprint density at radius 2 is 1.80 bits per heavy atom. The molecule has 0 radical (unpaired) electrons. The van der Waals surface area contributed by atoms with Crippen LogP contribution in [0.1, 0.15) is 33.6 Å². The SMILES string of the molecule is C=C(C=C(C)CC)CC.[Ru]. The molecule has 0 aliphatic heterocycles. The average molecular weight is 225 g/mol. The third kappa shape index (κ3) is 6.23. The summed E-state index contributed by atoms with van der Waals surface area (Å²) in [5, 5.41) is 0. The van der Waals surface area contributed by atoms with Gasteiger partial charge in [-0.1, -0.05) is 37.6 Å². The van der Waals surface area contributed by atoms with Crippen LogP contribution >= 0.6 is 0 Å². The summed E-state index contributed by atoms with van der Waals surface area (Å²) < 4.78 is 0. The van der Waals surface area contributed by atoms with Crippen LogP contribution in [-0.2, 0) is 19.5 Å². The first-order valence-electron chi connectivity index (χ1n) is 3.55. The molecule has 0 saturated heterocycles. The molecule has 0 aliphatic rings. The Bertz CT molecular complexity index is 123. The Morgan fingerprint density at radius 3 is 2.10 bits per heavy atom. The monoisotopic (exact) mass is 226 g/mol. The second-order valence-electron chi connectivity index (χ2n) is 2.36. The quantitative estimate of drug-likeness (QED) is 0.510. The molecule has 0 rings (SSSR count). The number of allylic oxidation sites excluding steroid dienone is 3. The summed E-state index contributed by atoms with van der Waals surface area (Å²) in [5.41, 5.74) is 2.65. The molecular weight excluding hydrogens is 209 g/mol. The molecule has 0 aliphatic carbocycles. The van der Waals surface area contributed by atoms with Crippen molar-refractivity contribution in [2.24, 2.45) is 0 Å². The van der Waals surface area contributed by atoms with E-state index in [1.54, 1.807) is 0 Å². The fraction of sp³-hybridized carbons (Fsp3) is 0.556. The maximum Gasteiger partial charge on any atom is 0 e. The van der Waals surface area contributed by atoms with E-state index in [1.807, 2.05) is 0 Å². The molecule has 0 aromatic heterocycles. The molecule has 0 saturated carbocycles. The summed E-state index contributed by atoms with van der Waals surface area (Å²) >= 11 is 0. The van der Waals surface area contributed by atoms with Crippen molar-refractivity contribution >= 4 is 0 Å². The van der Waals surface area contributed by atoms with E-state index in [-0.39, 0.29) is 19.5 Å². The van der Waals surface area contributed by atoms with Gasteiger partial charge < -0.3 is 0 Å². The fourth-order valence-electron chi connectivity index (χ4n) is 0.553. The largest absolute Gasteiger partial charge is 0.0958 e. The molecular formula is C9H16Ru. The molecule has 0 amide bonds. The molecule has 10 heavy (non-hydrogen) atoms. The predicted molar refractivity (Wildman–Crippen MR) is 43.5 cm³/mol. The Morgan fingerprint density at radius 1 is 1.30 bits per heavy atom. The van der Waals surface area contributed by atoms with Gasteiger partial charge in [0.1, 0.15) is 0 Å². The molecule has 0 aromatic carbocycles. The van der Waals surface area contributed by atoms with Crippen LogP contribution in [0.25, 0.3) is 0 Å². The average Bonchev–Trinajstić information content (AvgIpc) is 1.87. The maximum atomic E-state index is 3.88. The minimum atomic E-state index is 0. The van der Waals surface area contributed by atoms with Crippen molar-refractivity contribution in [2.45, 2.75) is 33.6 Å². The van der Waals surface area contributed by atoms with E-state index in [9.17, 15) is 0 Å². The second-order valence-corrected chi connectivity index (χ2v) is 2.36. The minimum absolute atomic E-state index is 0. The van der Waals surface area contributed by atoms with Crippen LogP contribution in [0.2, 0.25) is 0 Å². The van der Waals surface area contributed by atoms with Crippen LogP contribution in [0.15, 0.2) is 23.8 Å². The summed E-state index contributed by atoms with van der Waals surface area (Å²) in [5.74, 6) is 0. The van der Waals surface area contributed by atoms with Gasteiger partial charge in [0.05, 0.1) is 0 Å². The number of rotatable bonds is 3. The molecule has 1 heteroatoms. The Labute approximate surface area is 77.2 Å². The minimum Gasteiger partial charge on any atom is -0.0958 e. The van der Waals surface area contributed by atoms with Gasteiger partial charge in [0.2, 0.25) is 0 Å². The molecule has 0 unspecified atom stereocenters. The smallest absolute Gasteiger partial charge is 0 e. The first-order valence-corrected chi connectivity index (χ1v) is 3.55. The normalized spacial score (nSPS) is 10.5. The van der Waals surface area contributed by atoms with Gasteiger partial charge in [-0.25, -0.2) is 0 Å². The summed E-state index contributed by atoms with van der Waals surface area (Å²) in [7, 11) is 0. The van der Waals surface area contributed by atoms with Crippen LogP contribution in [0.5, 0.6) is 0 Å². The number of hydrogen-bond acceptors (Lipinski definition) is 0. The zero-order valence-electron chi connectivity index (χ0n) is 7.05. The van der Waals surface area contributed by atoms with Gasteiger partial charge in [-0.05, 0) is 19.8 Å². The van der Waals surface area contributed by atoms with Crippen LogP contribution < -0.4 is 0 Å². The summed E-state index contributed by atoms with van der Waals surface area (Å²) in [6.07, 6.45) is 4.37. The van der Waals surface area contributed by atoms with Gasteiger partial charge in [-0.2, -0.15) is 0 Å². The van der Waals surface area contributed by atoms with Crippen molar-refractivity contribution in [1.82, 2.24) is 0 Å². The molecule has 0 atom stereocenters. The van der Waals surface area contributed by atoms with E-state index in [0.29, 0.717) is 0 Å². The van der Waals surface area contributed by atoms with Gasteiger partial charge in [0.15, 0.2) is 0 Å². The summed E-state index contributed by atoms with van der Waals surface area (Å²) in [4.78, 5) is 0. The first-order chi connectivity index (χ1) is 4.20. The van der Waals surface area contributed by atoms with E-state index in [2.05, 4.69) is 33.4 Å². The third-order valence-electron chi connectivity index (χ3n) is 1.46. The van der Waals surface area contributed by atoms with Gasteiger partial charge in [-0.15, -0.1) is 0 Å². The molecule has 0 bridgehead atoms. The molecule has 0 heterocycles. The second kappa shape index (κ2) is 7.21. The van der Waals surface area contributed by atoms with E-state index in [0.717, 1.165) is 12.8 Å². The van der Waals surface area contributed by atoms with Crippen LogP contribution in [-0.4, -0.2) is 0 Å². The molecule has 0 aromatic rings. The van der Waals surface area contributed by atoms with Crippen molar-refractivity contribution in [1.29, 1.82) is 0 Å². The molecule has 0 nitrogen and oxygen atoms in total. The van der Waals surface area contributed by atoms with Gasteiger partial charge in [0, 0.05) is 19.5 Å². The molecule has 0 fully saturated rings. The number of hydrogen-bond donors (Lipinski definition) is 0. The fourth-order valence-corrected chi connectivity index (χ4v) is 0.553. The van der Waals surface area contributed by atoms with E-state index < -0.39 is 0 Å². The van der Waals surface area contributed by atoms with E-state index in [1.165, 1.54) is 11.1 Å². The summed E-state index contributed by atoms with van der Waals surface area (Å²) in [6, 6.07) is 0. The van der Waals surface area contributed by atoms with E-state index >= 15 is 0 Å². The predicted octanol–water partition coefficient (Wildman–Crippen LogP) is 3.31.